The molecule has 0 aromatic rings. The molecule has 16 heavy (non-hydrogen) atoms. The largest absolute Gasteiger partial charge is 0.308 e. The zero-order valence-electron chi connectivity index (χ0n) is 12.4. The third kappa shape index (κ3) is 7.05. The van der Waals surface area contributed by atoms with E-state index < -0.39 is 0 Å². The fourth-order valence-corrected chi connectivity index (χ4v) is 1.65. The molecule has 0 bridgehead atoms. The summed E-state index contributed by atoms with van der Waals surface area (Å²) in [6, 6.07) is 0. The van der Waals surface area contributed by atoms with E-state index in [4.69, 9.17) is 0 Å². The highest BCUT2D eigenvalue weighted by atomic mass is 14.9. The van der Waals surface area contributed by atoms with Crippen LogP contribution in [0.4, 0.5) is 0 Å². The van der Waals surface area contributed by atoms with Crippen LogP contribution < -0.4 is 5.32 Å². The molecule has 0 unspecified atom stereocenters. The molecule has 0 saturated carbocycles. The van der Waals surface area contributed by atoms with Crippen molar-refractivity contribution in [1.82, 2.24) is 5.32 Å². The lowest BCUT2D eigenvalue weighted by atomic mass is 9.94. The monoisotopic (exact) mass is 225 g/mol. The van der Waals surface area contributed by atoms with Gasteiger partial charge in [-0.05, 0) is 45.4 Å². The molecule has 0 aromatic carbocycles. The Hall–Kier alpha value is -0.300. The highest BCUT2D eigenvalue weighted by Gasteiger charge is 2.12. The SMILES string of the molecule is CCC(C=C(CNC(C)(C)C)C(C)C)CC. The van der Waals surface area contributed by atoms with E-state index in [0.717, 1.165) is 12.5 Å². The fraction of sp³-hybridized carbons (Fsp3) is 0.867. The number of rotatable bonds is 6. The van der Waals surface area contributed by atoms with Gasteiger partial charge in [-0.2, -0.15) is 0 Å². The van der Waals surface area contributed by atoms with Gasteiger partial charge in [0, 0.05) is 12.1 Å². The van der Waals surface area contributed by atoms with Gasteiger partial charge in [0.05, 0.1) is 0 Å². The standard InChI is InChI=1S/C15H31N/c1-8-13(9-2)10-14(12(3)4)11-16-15(5,6)7/h10,12-13,16H,8-9,11H2,1-7H3. The predicted molar refractivity (Wildman–Crippen MR) is 74.7 cm³/mol. The normalized spacial score (nSPS) is 13.9. The predicted octanol–water partition coefficient (Wildman–Crippen LogP) is 4.39. The third-order valence-electron chi connectivity index (χ3n) is 3.06. The summed E-state index contributed by atoms with van der Waals surface area (Å²) in [7, 11) is 0. The van der Waals surface area contributed by atoms with Crippen molar-refractivity contribution in [3.8, 4) is 0 Å². The molecule has 0 atom stereocenters. The Balaban J connectivity index is 4.49. The van der Waals surface area contributed by atoms with E-state index in [0.29, 0.717) is 5.92 Å². The highest BCUT2D eigenvalue weighted by Crippen LogP contribution is 2.17. The van der Waals surface area contributed by atoms with Crippen molar-refractivity contribution in [2.75, 3.05) is 6.54 Å². The fourth-order valence-electron chi connectivity index (χ4n) is 1.65. The maximum atomic E-state index is 3.59. The van der Waals surface area contributed by atoms with Gasteiger partial charge in [0.1, 0.15) is 0 Å². The maximum absolute atomic E-state index is 3.59. The van der Waals surface area contributed by atoms with Crippen LogP contribution in [-0.4, -0.2) is 12.1 Å². The van der Waals surface area contributed by atoms with Crippen molar-refractivity contribution in [3.05, 3.63) is 11.6 Å². The Morgan fingerprint density at radius 1 is 1.12 bits per heavy atom. The minimum absolute atomic E-state index is 0.210. The van der Waals surface area contributed by atoms with Crippen LogP contribution in [0.5, 0.6) is 0 Å². The summed E-state index contributed by atoms with van der Waals surface area (Å²) in [6.07, 6.45) is 4.99. The van der Waals surface area contributed by atoms with Crippen LogP contribution in [0, 0.1) is 11.8 Å². The highest BCUT2D eigenvalue weighted by molar-refractivity contribution is 5.09. The molecule has 0 fully saturated rings. The van der Waals surface area contributed by atoms with Crippen LogP contribution >= 0.6 is 0 Å². The molecule has 0 amide bonds. The molecule has 0 rings (SSSR count). The molecule has 0 radical (unpaired) electrons. The van der Waals surface area contributed by atoms with Crippen molar-refractivity contribution in [2.45, 2.75) is 66.8 Å². The summed E-state index contributed by atoms with van der Waals surface area (Å²) >= 11 is 0. The van der Waals surface area contributed by atoms with Crippen molar-refractivity contribution in [1.29, 1.82) is 0 Å². The van der Waals surface area contributed by atoms with Gasteiger partial charge in [-0.3, -0.25) is 0 Å². The average Bonchev–Trinajstić information content (AvgIpc) is 2.16. The van der Waals surface area contributed by atoms with Crippen molar-refractivity contribution in [3.63, 3.8) is 0 Å². The van der Waals surface area contributed by atoms with Gasteiger partial charge >= 0.3 is 0 Å². The quantitative estimate of drug-likeness (QED) is 0.661. The zero-order chi connectivity index (χ0) is 12.8. The van der Waals surface area contributed by atoms with E-state index >= 15 is 0 Å². The Labute approximate surface area is 103 Å². The van der Waals surface area contributed by atoms with E-state index in [2.05, 4.69) is 59.9 Å². The summed E-state index contributed by atoms with van der Waals surface area (Å²) < 4.78 is 0. The first kappa shape index (κ1) is 15.7. The molecule has 1 nitrogen and oxygen atoms in total. The van der Waals surface area contributed by atoms with Crippen molar-refractivity contribution in [2.24, 2.45) is 11.8 Å². The molecular weight excluding hydrogens is 194 g/mol. The molecule has 0 aliphatic carbocycles. The number of nitrogens with one attached hydrogen (secondary N) is 1. The van der Waals surface area contributed by atoms with Gasteiger partial charge in [-0.25, -0.2) is 0 Å². The van der Waals surface area contributed by atoms with Crippen LogP contribution in [0.15, 0.2) is 11.6 Å². The average molecular weight is 225 g/mol. The second-order valence-electron chi connectivity index (χ2n) is 6.08. The Kier molecular flexibility index (Phi) is 6.98. The molecule has 96 valence electrons. The van der Waals surface area contributed by atoms with Crippen molar-refractivity contribution < 1.29 is 0 Å². The molecular formula is C15H31N. The van der Waals surface area contributed by atoms with Crippen LogP contribution in [0.3, 0.4) is 0 Å². The summed E-state index contributed by atoms with van der Waals surface area (Å²) in [4.78, 5) is 0. The van der Waals surface area contributed by atoms with Crippen LogP contribution in [0.1, 0.15) is 61.3 Å². The molecule has 1 heteroatoms. The van der Waals surface area contributed by atoms with Crippen molar-refractivity contribution >= 4 is 0 Å². The van der Waals surface area contributed by atoms with Crippen LogP contribution in [-0.2, 0) is 0 Å². The first-order valence-corrected chi connectivity index (χ1v) is 6.75. The molecule has 0 heterocycles. The minimum atomic E-state index is 0.210. The summed E-state index contributed by atoms with van der Waals surface area (Å²) in [6.45, 7) is 16.8. The third-order valence-corrected chi connectivity index (χ3v) is 3.06. The summed E-state index contributed by atoms with van der Waals surface area (Å²) in [5, 5.41) is 3.59. The minimum Gasteiger partial charge on any atom is -0.308 e. The van der Waals surface area contributed by atoms with Crippen LogP contribution in [0.2, 0.25) is 0 Å². The lowest BCUT2D eigenvalue weighted by Gasteiger charge is -2.24. The molecule has 0 aliphatic heterocycles. The molecule has 0 aromatic heterocycles. The van der Waals surface area contributed by atoms with Gasteiger partial charge in [0.15, 0.2) is 0 Å². The van der Waals surface area contributed by atoms with E-state index in [9.17, 15) is 0 Å². The first-order chi connectivity index (χ1) is 7.30. The topological polar surface area (TPSA) is 12.0 Å². The van der Waals surface area contributed by atoms with E-state index in [-0.39, 0.29) is 5.54 Å². The zero-order valence-corrected chi connectivity index (χ0v) is 12.4. The van der Waals surface area contributed by atoms with Gasteiger partial charge in [0.25, 0.3) is 0 Å². The molecule has 0 spiro atoms. The maximum Gasteiger partial charge on any atom is 0.0172 e. The number of allylic oxidation sites excluding steroid dienone is 1. The van der Waals surface area contributed by atoms with Gasteiger partial charge in [0.2, 0.25) is 0 Å². The number of hydrogen-bond acceptors (Lipinski definition) is 1. The molecule has 0 saturated heterocycles. The Morgan fingerprint density at radius 3 is 1.94 bits per heavy atom. The molecule has 0 aliphatic rings. The van der Waals surface area contributed by atoms with Gasteiger partial charge in [-0.1, -0.05) is 39.3 Å². The smallest absolute Gasteiger partial charge is 0.0172 e. The van der Waals surface area contributed by atoms with E-state index in [1.165, 1.54) is 12.8 Å². The van der Waals surface area contributed by atoms with Crippen LogP contribution in [0.25, 0.3) is 0 Å². The number of hydrogen-bond donors (Lipinski definition) is 1. The van der Waals surface area contributed by atoms with Gasteiger partial charge < -0.3 is 5.32 Å². The van der Waals surface area contributed by atoms with E-state index in [1.54, 1.807) is 5.57 Å². The molecule has 1 N–H and O–H groups in total. The Bertz CT molecular complexity index is 204. The van der Waals surface area contributed by atoms with E-state index in [1.807, 2.05) is 0 Å². The second kappa shape index (κ2) is 7.11. The lowest BCUT2D eigenvalue weighted by Crippen LogP contribution is -2.37. The second-order valence-corrected chi connectivity index (χ2v) is 6.08. The lowest BCUT2D eigenvalue weighted by molar-refractivity contribution is 0.434. The summed E-state index contributed by atoms with van der Waals surface area (Å²) in [5.74, 6) is 1.40. The van der Waals surface area contributed by atoms with Gasteiger partial charge in [-0.15, -0.1) is 0 Å². The Morgan fingerprint density at radius 2 is 1.62 bits per heavy atom. The summed E-state index contributed by atoms with van der Waals surface area (Å²) in [5.41, 5.74) is 1.77. The first-order valence-electron chi connectivity index (χ1n) is 6.75.